The molecule has 7 heteroatoms. The lowest BCUT2D eigenvalue weighted by molar-refractivity contribution is -0.136. The summed E-state index contributed by atoms with van der Waals surface area (Å²) in [6.45, 7) is 2.15. The number of ether oxygens (including phenoxy) is 2. The molecule has 0 saturated heterocycles. The smallest absolute Gasteiger partial charge is 0.408 e. The second-order valence-corrected chi connectivity index (χ2v) is 8.32. The Labute approximate surface area is 208 Å². The van der Waals surface area contributed by atoms with Crippen LogP contribution in [-0.4, -0.2) is 12.1 Å². The van der Waals surface area contributed by atoms with E-state index in [9.17, 15) is 14.4 Å². The number of hydrogen-bond donors (Lipinski definition) is 1. The van der Waals surface area contributed by atoms with Crippen molar-refractivity contribution in [3.8, 4) is 5.75 Å². The Morgan fingerprint density at radius 1 is 0.944 bits per heavy atom. The first-order chi connectivity index (χ1) is 17.5. The van der Waals surface area contributed by atoms with E-state index in [0.29, 0.717) is 11.1 Å². The van der Waals surface area contributed by atoms with E-state index in [1.54, 1.807) is 42.5 Å². The van der Waals surface area contributed by atoms with Crippen molar-refractivity contribution in [2.75, 3.05) is 0 Å². The minimum absolute atomic E-state index is 0.0628. The molecule has 4 aromatic rings. The number of carbonyl (C=O) groups is 2. The van der Waals surface area contributed by atoms with Gasteiger partial charge in [0.05, 0.1) is 0 Å². The Bertz CT molecular complexity index is 1380. The SMILES string of the molecule is CCCCc1cc(=O)oc2cc(OC(=O)C(NC(=O)OCc3ccccc3)c3ccccc3)ccc12. The number of nitrogens with one attached hydrogen (secondary N) is 1. The number of carbonyl (C=O) groups excluding carboxylic acids is 2. The number of benzene rings is 3. The highest BCUT2D eigenvalue weighted by Crippen LogP contribution is 2.25. The fraction of sp³-hybridized carbons (Fsp3) is 0.207. The van der Waals surface area contributed by atoms with Gasteiger partial charge in [-0.15, -0.1) is 0 Å². The van der Waals surface area contributed by atoms with Crippen molar-refractivity contribution in [2.45, 2.75) is 38.8 Å². The largest absolute Gasteiger partial charge is 0.445 e. The maximum atomic E-state index is 13.1. The first-order valence-corrected chi connectivity index (χ1v) is 11.8. The highest BCUT2D eigenvalue weighted by atomic mass is 16.6. The maximum absolute atomic E-state index is 13.1. The molecule has 0 aliphatic carbocycles. The van der Waals surface area contributed by atoms with Crippen molar-refractivity contribution in [1.82, 2.24) is 5.32 Å². The van der Waals surface area contributed by atoms with Crippen LogP contribution in [0.4, 0.5) is 4.79 Å². The number of fused-ring (bicyclic) bond motifs is 1. The molecule has 0 spiro atoms. The molecule has 1 N–H and O–H groups in total. The molecule has 1 aromatic heterocycles. The molecule has 4 rings (SSSR count). The van der Waals surface area contributed by atoms with Gasteiger partial charge in [-0.25, -0.2) is 14.4 Å². The van der Waals surface area contributed by atoms with Gasteiger partial charge in [-0.1, -0.05) is 74.0 Å². The van der Waals surface area contributed by atoms with E-state index in [-0.39, 0.29) is 12.4 Å². The summed E-state index contributed by atoms with van der Waals surface area (Å²) < 4.78 is 16.2. The van der Waals surface area contributed by atoms with Crippen molar-refractivity contribution in [3.05, 3.63) is 112 Å². The summed E-state index contributed by atoms with van der Waals surface area (Å²) in [6.07, 6.45) is 1.94. The van der Waals surface area contributed by atoms with E-state index in [1.807, 2.05) is 30.3 Å². The summed E-state index contributed by atoms with van der Waals surface area (Å²) in [5.41, 5.74) is 2.13. The molecule has 184 valence electrons. The summed E-state index contributed by atoms with van der Waals surface area (Å²) in [7, 11) is 0. The van der Waals surface area contributed by atoms with Crippen molar-refractivity contribution >= 4 is 23.0 Å². The van der Waals surface area contributed by atoms with Gasteiger partial charge in [0, 0.05) is 17.5 Å². The Balaban J connectivity index is 1.52. The van der Waals surface area contributed by atoms with Crippen LogP contribution >= 0.6 is 0 Å². The lowest BCUT2D eigenvalue weighted by Gasteiger charge is -2.18. The number of rotatable bonds is 9. The standard InChI is InChI=1S/C29H27NO6/c1-2-3-12-22-17-26(31)36-25-18-23(15-16-24(22)25)35-28(32)27(21-13-8-5-9-14-21)30-29(33)34-19-20-10-6-4-7-11-20/h4-11,13-18,27H,2-3,12,19H2,1H3,(H,30,33). The van der Waals surface area contributed by atoms with Crippen LogP contribution in [0.25, 0.3) is 11.0 Å². The van der Waals surface area contributed by atoms with Crippen LogP contribution in [0.5, 0.6) is 5.75 Å². The Hall–Kier alpha value is -4.39. The molecule has 1 amide bonds. The van der Waals surface area contributed by atoms with Crippen LogP contribution in [-0.2, 0) is 22.6 Å². The maximum Gasteiger partial charge on any atom is 0.408 e. The quantitative estimate of drug-likeness (QED) is 0.185. The van der Waals surface area contributed by atoms with Crippen LogP contribution in [0.3, 0.4) is 0 Å². The monoisotopic (exact) mass is 485 g/mol. The predicted octanol–water partition coefficient (Wildman–Crippen LogP) is 5.71. The van der Waals surface area contributed by atoms with E-state index in [4.69, 9.17) is 13.9 Å². The van der Waals surface area contributed by atoms with Gasteiger partial charge in [-0.3, -0.25) is 0 Å². The van der Waals surface area contributed by atoms with Gasteiger partial charge < -0.3 is 19.2 Å². The zero-order chi connectivity index (χ0) is 25.3. The molecule has 1 unspecified atom stereocenters. The summed E-state index contributed by atoms with van der Waals surface area (Å²) in [4.78, 5) is 37.7. The highest BCUT2D eigenvalue weighted by molar-refractivity contribution is 5.86. The van der Waals surface area contributed by atoms with E-state index in [1.165, 1.54) is 12.1 Å². The molecule has 0 fully saturated rings. The zero-order valence-corrected chi connectivity index (χ0v) is 19.9. The van der Waals surface area contributed by atoms with Crippen molar-refractivity contribution in [3.63, 3.8) is 0 Å². The molecular weight excluding hydrogens is 458 g/mol. The number of hydrogen-bond acceptors (Lipinski definition) is 6. The third-order valence-electron chi connectivity index (χ3n) is 5.66. The topological polar surface area (TPSA) is 94.8 Å². The van der Waals surface area contributed by atoms with Gasteiger partial charge in [-0.05, 0) is 41.7 Å². The molecule has 1 atom stereocenters. The van der Waals surface area contributed by atoms with Gasteiger partial charge in [0.1, 0.15) is 17.9 Å². The Morgan fingerprint density at radius 2 is 1.67 bits per heavy atom. The minimum Gasteiger partial charge on any atom is -0.445 e. The lowest BCUT2D eigenvalue weighted by atomic mass is 10.0. The zero-order valence-electron chi connectivity index (χ0n) is 19.9. The van der Waals surface area contributed by atoms with Crippen LogP contribution in [0.1, 0.15) is 42.5 Å². The average Bonchev–Trinajstić information content (AvgIpc) is 2.90. The normalized spacial score (nSPS) is 11.6. The van der Waals surface area contributed by atoms with Crippen LogP contribution < -0.4 is 15.7 Å². The van der Waals surface area contributed by atoms with E-state index < -0.39 is 23.7 Å². The van der Waals surface area contributed by atoms with Gasteiger partial charge in [0.2, 0.25) is 0 Å². The number of amides is 1. The Kier molecular flexibility index (Phi) is 8.13. The van der Waals surface area contributed by atoms with Crippen LogP contribution in [0.2, 0.25) is 0 Å². The summed E-state index contributed by atoms with van der Waals surface area (Å²) in [6, 6.07) is 23.3. The number of alkyl carbamates (subject to hydrolysis) is 1. The first-order valence-electron chi connectivity index (χ1n) is 11.8. The van der Waals surface area contributed by atoms with Gasteiger partial charge in [-0.2, -0.15) is 0 Å². The number of aryl methyl sites for hydroxylation is 1. The molecule has 0 aliphatic heterocycles. The number of esters is 1. The molecular formula is C29H27NO6. The van der Waals surface area contributed by atoms with Gasteiger partial charge >= 0.3 is 17.7 Å². The lowest BCUT2D eigenvalue weighted by Crippen LogP contribution is -2.36. The Morgan fingerprint density at radius 3 is 2.39 bits per heavy atom. The molecule has 1 heterocycles. The minimum atomic E-state index is -1.10. The third-order valence-corrected chi connectivity index (χ3v) is 5.66. The van der Waals surface area contributed by atoms with E-state index in [2.05, 4.69) is 12.2 Å². The summed E-state index contributed by atoms with van der Waals surface area (Å²) >= 11 is 0. The highest BCUT2D eigenvalue weighted by Gasteiger charge is 2.26. The van der Waals surface area contributed by atoms with Crippen LogP contribution in [0.15, 0.2) is 94.1 Å². The van der Waals surface area contributed by atoms with Crippen molar-refractivity contribution < 1.29 is 23.5 Å². The second kappa shape index (κ2) is 11.8. The second-order valence-electron chi connectivity index (χ2n) is 8.32. The van der Waals surface area contributed by atoms with Gasteiger partial charge in [0.15, 0.2) is 6.04 Å². The molecule has 0 bridgehead atoms. The molecule has 36 heavy (non-hydrogen) atoms. The average molecular weight is 486 g/mol. The summed E-state index contributed by atoms with van der Waals surface area (Å²) in [5, 5.41) is 3.39. The molecule has 0 aliphatic rings. The van der Waals surface area contributed by atoms with Crippen LogP contribution in [0, 0.1) is 0 Å². The van der Waals surface area contributed by atoms with Crippen molar-refractivity contribution in [2.24, 2.45) is 0 Å². The predicted molar refractivity (Wildman–Crippen MR) is 136 cm³/mol. The molecule has 3 aromatic carbocycles. The first kappa shape index (κ1) is 24.7. The number of unbranched alkanes of at least 4 members (excludes halogenated alkanes) is 1. The van der Waals surface area contributed by atoms with Gasteiger partial charge in [0.25, 0.3) is 0 Å². The molecule has 0 radical (unpaired) electrons. The summed E-state index contributed by atoms with van der Waals surface area (Å²) in [5.74, 6) is -0.509. The fourth-order valence-electron chi connectivity index (χ4n) is 3.83. The fourth-order valence-corrected chi connectivity index (χ4v) is 3.83. The molecule has 7 nitrogen and oxygen atoms in total. The van der Waals surface area contributed by atoms with Crippen molar-refractivity contribution in [1.29, 1.82) is 0 Å². The molecule has 0 saturated carbocycles. The van der Waals surface area contributed by atoms with E-state index in [0.717, 1.165) is 35.8 Å². The van der Waals surface area contributed by atoms with E-state index >= 15 is 0 Å². The third kappa shape index (κ3) is 6.39.